The van der Waals surface area contributed by atoms with Crippen LogP contribution in [0.3, 0.4) is 0 Å². The second kappa shape index (κ2) is 5.79. The second-order valence-corrected chi connectivity index (χ2v) is 5.18. The van der Waals surface area contributed by atoms with E-state index in [0.29, 0.717) is 0 Å². The first kappa shape index (κ1) is 14.1. The summed E-state index contributed by atoms with van der Waals surface area (Å²) >= 11 is 0. The van der Waals surface area contributed by atoms with E-state index in [1.54, 1.807) is 7.11 Å². The smallest absolute Gasteiger partial charge is 0.124 e. The first-order valence-electron chi connectivity index (χ1n) is 6.67. The molecule has 0 amide bonds. The van der Waals surface area contributed by atoms with Crippen LogP contribution in [0.15, 0.2) is 24.3 Å². The van der Waals surface area contributed by atoms with Gasteiger partial charge in [0.1, 0.15) is 17.5 Å². The van der Waals surface area contributed by atoms with Gasteiger partial charge in [0.15, 0.2) is 0 Å². The van der Waals surface area contributed by atoms with Crippen LogP contribution in [0, 0.1) is 24.2 Å². The van der Waals surface area contributed by atoms with Gasteiger partial charge in [-0.1, -0.05) is 26.0 Å². The molecule has 0 bridgehead atoms. The molecule has 1 aromatic carbocycles. The third kappa shape index (κ3) is 2.67. The van der Waals surface area contributed by atoms with Gasteiger partial charge in [-0.05, 0) is 25.0 Å². The van der Waals surface area contributed by atoms with Crippen LogP contribution in [-0.4, -0.2) is 17.1 Å². The molecule has 0 aliphatic heterocycles. The Morgan fingerprint density at radius 1 is 1.35 bits per heavy atom. The number of nitriles is 1. The van der Waals surface area contributed by atoms with E-state index in [4.69, 9.17) is 4.74 Å². The van der Waals surface area contributed by atoms with Crippen molar-refractivity contribution in [2.45, 2.75) is 26.7 Å². The van der Waals surface area contributed by atoms with E-state index in [2.05, 4.69) is 16.0 Å². The highest BCUT2D eigenvalue weighted by molar-refractivity contribution is 5.63. The van der Waals surface area contributed by atoms with E-state index in [1.807, 2.05) is 45.0 Å². The van der Waals surface area contributed by atoms with Gasteiger partial charge in [0.25, 0.3) is 0 Å². The molecule has 0 fully saturated rings. The lowest BCUT2D eigenvalue weighted by Crippen LogP contribution is -2.06. The van der Waals surface area contributed by atoms with E-state index >= 15 is 0 Å². The zero-order valence-electron chi connectivity index (χ0n) is 12.3. The summed E-state index contributed by atoms with van der Waals surface area (Å²) in [5.74, 6) is 1.54. The standard InChI is InChI=1S/C16H19N3O/c1-10(2)14(9-17)16-18-11(3)15(19-16)12-6-5-7-13(8-12)20-4/h5-8,10,14H,1-4H3,(H,18,19). The molecule has 0 aliphatic rings. The number of nitrogens with one attached hydrogen (secondary N) is 1. The predicted molar refractivity (Wildman–Crippen MR) is 78.5 cm³/mol. The molecule has 0 spiro atoms. The van der Waals surface area contributed by atoms with Crippen LogP contribution in [0.2, 0.25) is 0 Å². The fraction of sp³-hybridized carbons (Fsp3) is 0.375. The van der Waals surface area contributed by atoms with E-state index in [1.165, 1.54) is 0 Å². The number of methoxy groups -OCH3 is 1. The average Bonchev–Trinajstić information content (AvgIpc) is 2.81. The van der Waals surface area contributed by atoms with Crippen molar-refractivity contribution in [1.82, 2.24) is 9.97 Å². The summed E-state index contributed by atoms with van der Waals surface area (Å²) in [4.78, 5) is 7.85. The van der Waals surface area contributed by atoms with Crippen LogP contribution < -0.4 is 4.74 Å². The van der Waals surface area contributed by atoms with Crippen LogP contribution in [-0.2, 0) is 0 Å². The van der Waals surface area contributed by atoms with E-state index in [9.17, 15) is 5.26 Å². The fourth-order valence-electron chi connectivity index (χ4n) is 2.21. The summed E-state index contributed by atoms with van der Waals surface area (Å²) in [6.45, 7) is 6.02. The van der Waals surface area contributed by atoms with Gasteiger partial charge in [-0.2, -0.15) is 5.26 Å². The number of ether oxygens (including phenoxy) is 1. The molecule has 0 radical (unpaired) electrons. The Hall–Kier alpha value is -2.28. The highest BCUT2D eigenvalue weighted by atomic mass is 16.5. The van der Waals surface area contributed by atoms with Crippen molar-refractivity contribution >= 4 is 0 Å². The van der Waals surface area contributed by atoms with Crippen LogP contribution in [0.1, 0.15) is 31.3 Å². The van der Waals surface area contributed by atoms with Crippen molar-refractivity contribution < 1.29 is 4.74 Å². The van der Waals surface area contributed by atoms with Crippen molar-refractivity contribution in [3.63, 3.8) is 0 Å². The number of aromatic amines is 1. The Kier molecular flexibility index (Phi) is 4.09. The van der Waals surface area contributed by atoms with Crippen molar-refractivity contribution in [1.29, 1.82) is 5.26 Å². The lowest BCUT2D eigenvalue weighted by atomic mass is 9.97. The lowest BCUT2D eigenvalue weighted by molar-refractivity contribution is 0.415. The topological polar surface area (TPSA) is 61.7 Å². The number of imidazole rings is 1. The van der Waals surface area contributed by atoms with Crippen molar-refractivity contribution in [2.75, 3.05) is 7.11 Å². The predicted octanol–water partition coefficient (Wildman–Crippen LogP) is 3.66. The minimum absolute atomic E-state index is 0.215. The number of H-pyrrole nitrogens is 1. The Bertz CT molecular complexity index is 637. The Labute approximate surface area is 119 Å². The molecule has 2 rings (SSSR count). The quantitative estimate of drug-likeness (QED) is 0.921. The molecule has 2 aromatic rings. The molecule has 0 saturated heterocycles. The maximum Gasteiger partial charge on any atom is 0.124 e. The molecule has 104 valence electrons. The fourth-order valence-corrected chi connectivity index (χ4v) is 2.21. The minimum Gasteiger partial charge on any atom is -0.497 e. The first-order chi connectivity index (χ1) is 9.56. The summed E-state index contributed by atoms with van der Waals surface area (Å²) in [5, 5.41) is 9.27. The van der Waals surface area contributed by atoms with Crippen molar-refractivity contribution in [3.8, 4) is 23.1 Å². The Morgan fingerprint density at radius 3 is 2.70 bits per heavy atom. The van der Waals surface area contributed by atoms with Gasteiger partial charge in [-0.3, -0.25) is 0 Å². The molecule has 1 aromatic heterocycles. The summed E-state index contributed by atoms with van der Waals surface area (Å²) < 4.78 is 5.24. The Morgan fingerprint density at radius 2 is 2.10 bits per heavy atom. The second-order valence-electron chi connectivity index (χ2n) is 5.18. The summed E-state index contributed by atoms with van der Waals surface area (Å²) in [7, 11) is 1.65. The van der Waals surface area contributed by atoms with Gasteiger partial charge in [-0.25, -0.2) is 4.98 Å². The molecule has 4 nitrogen and oxygen atoms in total. The van der Waals surface area contributed by atoms with Crippen LogP contribution in [0.4, 0.5) is 0 Å². The first-order valence-corrected chi connectivity index (χ1v) is 6.67. The average molecular weight is 269 g/mol. The minimum atomic E-state index is -0.215. The largest absolute Gasteiger partial charge is 0.497 e. The number of rotatable bonds is 4. The van der Waals surface area contributed by atoms with Crippen LogP contribution in [0.25, 0.3) is 11.3 Å². The van der Waals surface area contributed by atoms with E-state index < -0.39 is 0 Å². The number of aryl methyl sites for hydroxylation is 1. The summed E-state index contributed by atoms with van der Waals surface area (Å²) in [6, 6.07) is 10.1. The van der Waals surface area contributed by atoms with E-state index in [-0.39, 0.29) is 11.8 Å². The maximum atomic E-state index is 9.27. The number of benzene rings is 1. The molecule has 1 heterocycles. The zero-order chi connectivity index (χ0) is 14.7. The maximum absolute atomic E-state index is 9.27. The van der Waals surface area contributed by atoms with Crippen LogP contribution >= 0.6 is 0 Å². The van der Waals surface area contributed by atoms with Gasteiger partial charge >= 0.3 is 0 Å². The number of aromatic nitrogens is 2. The van der Waals surface area contributed by atoms with Gasteiger partial charge in [-0.15, -0.1) is 0 Å². The van der Waals surface area contributed by atoms with Crippen molar-refractivity contribution in [2.24, 2.45) is 5.92 Å². The lowest BCUT2D eigenvalue weighted by Gasteiger charge is -2.08. The molecule has 20 heavy (non-hydrogen) atoms. The van der Waals surface area contributed by atoms with E-state index in [0.717, 1.165) is 28.5 Å². The third-order valence-corrected chi connectivity index (χ3v) is 3.35. The molecular weight excluding hydrogens is 250 g/mol. The molecule has 0 aliphatic carbocycles. The molecule has 1 atom stereocenters. The van der Waals surface area contributed by atoms with Gasteiger partial charge in [0.2, 0.25) is 0 Å². The molecule has 4 heteroatoms. The number of hydrogen-bond acceptors (Lipinski definition) is 3. The normalized spacial score (nSPS) is 12.2. The van der Waals surface area contributed by atoms with Gasteiger partial charge in [0.05, 0.1) is 18.9 Å². The monoisotopic (exact) mass is 269 g/mol. The Balaban J connectivity index is 2.43. The highest BCUT2D eigenvalue weighted by Crippen LogP contribution is 2.28. The molecule has 1 N–H and O–H groups in total. The third-order valence-electron chi connectivity index (χ3n) is 3.35. The van der Waals surface area contributed by atoms with Gasteiger partial charge < -0.3 is 9.72 Å². The van der Waals surface area contributed by atoms with Crippen LogP contribution in [0.5, 0.6) is 5.75 Å². The van der Waals surface area contributed by atoms with Crippen molar-refractivity contribution in [3.05, 3.63) is 35.8 Å². The molecular formula is C16H19N3O. The summed E-state index contributed by atoms with van der Waals surface area (Å²) in [6.07, 6.45) is 0. The highest BCUT2D eigenvalue weighted by Gasteiger charge is 2.20. The number of hydrogen-bond donors (Lipinski definition) is 1. The van der Waals surface area contributed by atoms with Gasteiger partial charge in [0, 0.05) is 11.3 Å². The number of nitrogens with zero attached hydrogens (tertiary/aromatic N) is 2. The molecule has 0 saturated carbocycles. The zero-order valence-corrected chi connectivity index (χ0v) is 12.3. The molecule has 1 unspecified atom stereocenters. The summed E-state index contributed by atoms with van der Waals surface area (Å²) in [5.41, 5.74) is 2.83. The SMILES string of the molecule is COc1cccc(-c2nc(C(C#N)C(C)C)[nH]c2C)c1.